The van der Waals surface area contributed by atoms with Crippen LogP contribution in [0.4, 0.5) is 4.79 Å². The maximum absolute atomic E-state index is 12.2. The predicted octanol–water partition coefficient (Wildman–Crippen LogP) is 1.57. The number of fused-ring (bicyclic) bond motifs is 1. The number of aromatic nitrogens is 1. The summed E-state index contributed by atoms with van der Waals surface area (Å²) < 4.78 is 0. The molecule has 0 unspecified atom stereocenters. The molecule has 25 heavy (non-hydrogen) atoms. The molecule has 1 aliphatic rings. The Morgan fingerprint density at radius 2 is 1.72 bits per heavy atom. The zero-order valence-corrected chi connectivity index (χ0v) is 13.6. The minimum Gasteiger partial charge on any atom is -0.338 e. The second-order valence-electron chi connectivity index (χ2n) is 5.63. The van der Waals surface area contributed by atoms with E-state index in [9.17, 15) is 14.4 Å². The average molecular weight is 338 g/mol. The highest BCUT2D eigenvalue weighted by Gasteiger charge is 2.34. The molecule has 0 bridgehead atoms. The number of imide groups is 1. The summed E-state index contributed by atoms with van der Waals surface area (Å²) in [4.78, 5) is 41.3. The van der Waals surface area contributed by atoms with Gasteiger partial charge in [-0.05, 0) is 30.2 Å². The predicted molar refractivity (Wildman–Crippen MR) is 90.9 cm³/mol. The van der Waals surface area contributed by atoms with Gasteiger partial charge in [0.05, 0.1) is 11.1 Å². The van der Waals surface area contributed by atoms with Gasteiger partial charge in [-0.3, -0.25) is 19.5 Å². The minimum absolute atomic E-state index is 0.273. The Kier molecular flexibility index (Phi) is 5.03. The molecule has 0 spiro atoms. The van der Waals surface area contributed by atoms with Crippen molar-refractivity contribution in [2.24, 2.45) is 0 Å². The van der Waals surface area contributed by atoms with Gasteiger partial charge in [-0.2, -0.15) is 0 Å². The van der Waals surface area contributed by atoms with Crippen LogP contribution >= 0.6 is 0 Å². The van der Waals surface area contributed by atoms with E-state index in [2.05, 4.69) is 15.6 Å². The van der Waals surface area contributed by atoms with Crippen LogP contribution in [0, 0.1) is 0 Å². The van der Waals surface area contributed by atoms with Crippen LogP contribution in [0.2, 0.25) is 0 Å². The van der Waals surface area contributed by atoms with E-state index in [1.807, 2.05) is 6.07 Å². The first-order valence-electron chi connectivity index (χ1n) is 8.02. The van der Waals surface area contributed by atoms with Crippen LogP contribution in [0.1, 0.15) is 32.7 Å². The van der Waals surface area contributed by atoms with Crippen LogP contribution in [0.5, 0.6) is 0 Å². The molecule has 128 valence electrons. The summed E-state index contributed by atoms with van der Waals surface area (Å²) in [5.41, 5.74) is 1.79. The molecule has 7 heteroatoms. The highest BCUT2D eigenvalue weighted by atomic mass is 16.2. The van der Waals surface area contributed by atoms with E-state index in [4.69, 9.17) is 0 Å². The maximum atomic E-state index is 12.2. The highest BCUT2D eigenvalue weighted by Crippen LogP contribution is 2.22. The lowest BCUT2D eigenvalue weighted by Gasteiger charge is -2.14. The number of carbonyl (C=O) groups excluding carboxylic acids is 3. The molecule has 1 aromatic carbocycles. The number of urea groups is 1. The van der Waals surface area contributed by atoms with E-state index < -0.39 is 0 Å². The molecule has 0 radical (unpaired) electrons. The highest BCUT2D eigenvalue weighted by molar-refractivity contribution is 6.21. The normalized spacial score (nSPS) is 12.9. The summed E-state index contributed by atoms with van der Waals surface area (Å²) in [6.07, 6.45) is 3.84. The van der Waals surface area contributed by atoms with Crippen LogP contribution in [0.3, 0.4) is 0 Å². The number of pyridine rings is 1. The molecule has 0 saturated carbocycles. The summed E-state index contributed by atoms with van der Waals surface area (Å²) >= 11 is 0. The van der Waals surface area contributed by atoms with E-state index in [-0.39, 0.29) is 24.4 Å². The zero-order valence-electron chi connectivity index (χ0n) is 13.6. The third-order valence-electron chi connectivity index (χ3n) is 3.90. The van der Waals surface area contributed by atoms with Crippen molar-refractivity contribution < 1.29 is 14.4 Å². The minimum atomic E-state index is -0.300. The summed E-state index contributed by atoms with van der Waals surface area (Å²) in [5, 5.41) is 5.43. The molecular weight excluding hydrogens is 320 g/mol. The molecule has 2 heterocycles. The van der Waals surface area contributed by atoms with Gasteiger partial charge in [0, 0.05) is 32.0 Å². The molecule has 0 saturated heterocycles. The van der Waals surface area contributed by atoms with Crippen molar-refractivity contribution >= 4 is 17.8 Å². The van der Waals surface area contributed by atoms with Crippen molar-refractivity contribution in [1.82, 2.24) is 20.5 Å². The molecule has 4 amide bonds. The third kappa shape index (κ3) is 3.82. The Labute approximate surface area is 145 Å². The summed E-state index contributed by atoms with van der Waals surface area (Å²) in [5.74, 6) is -0.553. The number of rotatable bonds is 6. The number of hydrogen-bond acceptors (Lipinski definition) is 4. The number of carbonyl (C=O) groups is 3. The summed E-state index contributed by atoms with van der Waals surface area (Å²) in [6, 6.07) is 10.2. The van der Waals surface area contributed by atoms with Crippen molar-refractivity contribution in [2.45, 2.75) is 13.0 Å². The molecule has 2 aromatic rings. The van der Waals surface area contributed by atoms with Gasteiger partial charge in [-0.1, -0.05) is 18.2 Å². The number of hydrogen-bond donors (Lipinski definition) is 2. The van der Waals surface area contributed by atoms with E-state index in [0.29, 0.717) is 30.6 Å². The van der Waals surface area contributed by atoms with Gasteiger partial charge >= 0.3 is 6.03 Å². The van der Waals surface area contributed by atoms with E-state index in [0.717, 1.165) is 5.56 Å². The SMILES string of the molecule is O=C(NCCCN1C(=O)c2ccccc2C1=O)NCc1cccnc1. The first-order valence-corrected chi connectivity index (χ1v) is 8.02. The second kappa shape index (κ2) is 7.57. The molecule has 3 rings (SSSR count). The van der Waals surface area contributed by atoms with Crippen LogP contribution in [0.25, 0.3) is 0 Å². The lowest BCUT2D eigenvalue weighted by molar-refractivity contribution is 0.0653. The quantitative estimate of drug-likeness (QED) is 0.618. The Morgan fingerprint density at radius 1 is 1.00 bits per heavy atom. The monoisotopic (exact) mass is 338 g/mol. The zero-order chi connectivity index (χ0) is 17.6. The van der Waals surface area contributed by atoms with Crippen molar-refractivity contribution in [2.75, 3.05) is 13.1 Å². The fourth-order valence-corrected chi connectivity index (χ4v) is 2.63. The fourth-order valence-electron chi connectivity index (χ4n) is 2.63. The van der Waals surface area contributed by atoms with Crippen molar-refractivity contribution in [3.8, 4) is 0 Å². The standard InChI is InChI=1S/C18H18N4O3/c23-16-14-6-1-2-7-15(14)17(24)22(16)10-4-9-20-18(25)21-12-13-5-3-8-19-11-13/h1-3,5-8,11H,4,9-10,12H2,(H2,20,21,25). The average Bonchev–Trinajstić information content (AvgIpc) is 2.89. The Hall–Kier alpha value is -3.22. The van der Waals surface area contributed by atoms with Gasteiger partial charge < -0.3 is 10.6 Å². The first kappa shape index (κ1) is 16.6. The molecule has 1 aromatic heterocycles. The van der Waals surface area contributed by atoms with Gasteiger partial charge in [0.15, 0.2) is 0 Å². The molecule has 0 atom stereocenters. The summed E-state index contributed by atoms with van der Waals surface area (Å²) in [6.45, 7) is 1.03. The number of benzene rings is 1. The molecule has 7 nitrogen and oxygen atoms in total. The summed E-state index contributed by atoms with van der Waals surface area (Å²) in [7, 11) is 0. The number of amides is 4. The fraction of sp³-hybridized carbons (Fsp3) is 0.222. The Balaban J connectivity index is 1.40. The number of nitrogens with zero attached hydrogens (tertiary/aromatic N) is 2. The van der Waals surface area contributed by atoms with Gasteiger partial charge in [0.1, 0.15) is 0 Å². The maximum Gasteiger partial charge on any atom is 0.315 e. The molecular formula is C18H18N4O3. The first-order chi connectivity index (χ1) is 12.2. The lowest BCUT2D eigenvalue weighted by Crippen LogP contribution is -2.37. The van der Waals surface area contributed by atoms with E-state index in [1.165, 1.54) is 4.90 Å². The topological polar surface area (TPSA) is 91.4 Å². The second-order valence-corrected chi connectivity index (χ2v) is 5.63. The molecule has 1 aliphatic heterocycles. The van der Waals surface area contributed by atoms with Gasteiger partial charge in [-0.25, -0.2) is 4.79 Å². The van der Waals surface area contributed by atoms with Crippen molar-refractivity contribution in [3.05, 3.63) is 65.5 Å². The largest absolute Gasteiger partial charge is 0.338 e. The molecule has 0 fully saturated rings. The van der Waals surface area contributed by atoms with Crippen molar-refractivity contribution in [3.63, 3.8) is 0 Å². The van der Waals surface area contributed by atoms with Crippen LogP contribution in [-0.2, 0) is 6.54 Å². The van der Waals surface area contributed by atoms with Gasteiger partial charge in [0.25, 0.3) is 11.8 Å². The number of nitrogens with one attached hydrogen (secondary N) is 2. The Bertz CT molecular complexity index is 757. The van der Waals surface area contributed by atoms with E-state index >= 15 is 0 Å². The van der Waals surface area contributed by atoms with Gasteiger partial charge in [-0.15, -0.1) is 0 Å². The smallest absolute Gasteiger partial charge is 0.315 e. The lowest BCUT2D eigenvalue weighted by atomic mass is 10.1. The van der Waals surface area contributed by atoms with Gasteiger partial charge in [0.2, 0.25) is 0 Å². The third-order valence-corrected chi connectivity index (χ3v) is 3.90. The van der Waals surface area contributed by atoms with Crippen LogP contribution in [-0.4, -0.2) is 40.8 Å². The van der Waals surface area contributed by atoms with Crippen molar-refractivity contribution in [1.29, 1.82) is 0 Å². The van der Waals surface area contributed by atoms with E-state index in [1.54, 1.807) is 42.7 Å². The Morgan fingerprint density at radius 3 is 2.36 bits per heavy atom. The molecule has 0 aliphatic carbocycles. The van der Waals surface area contributed by atoms with Crippen LogP contribution < -0.4 is 10.6 Å². The van der Waals surface area contributed by atoms with Crippen LogP contribution in [0.15, 0.2) is 48.8 Å². The molecule has 2 N–H and O–H groups in total.